The zero-order valence-corrected chi connectivity index (χ0v) is 26.5. The summed E-state index contributed by atoms with van der Waals surface area (Å²) in [6.45, 7) is 6.81. The lowest BCUT2D eigenvalue weighted by atomic mass is 9.96. The van der Waals surface area contributed by atoms with Crippen LogP contribution in [0.25, 0.3) is 0 Å². The Morgan fingerprint density at radius 2 is 1.77 bits per heavy atom. The molecule has 1 fully saturated rings. The number of nitrogens with zero attached hydrogens (tertiary/aromatic N) is 3. The quantitative estimate of drug-likeness (QED) is 0.283. The number of halogens is 3. The number of carbonyl (C=O) groups is 4. The number of methoxy groups -OCH3 is 1. The van der Waals surface area contributed by atoms with Gasteiger partial charge in [0, 0.05) is 55.6 Å². The van der Waals surface area contributed by atoms with Gasteiger partial charge in [-0.1, -0.05) is 20.8 Å². The second kappa shape index (κ2) is 14.6. The number of nitrogens with one attached hydrogen (secondary N) is 1. The molecule has 0 spiro atoms. The lowest BCUT2D eigenvalue weighted by Crippen LogP contribution is -2.42. The molecule has 43 heavy (non-hydrogen) atoms. The molecule has 3 rings (SSSR count). The summed E-state index contributed by atoms with van der Waals surface area (Å²) in [5.41, 5.74) is -1.00. The van der Waals surface area contributed by atoms with Gasteiger partial charge in [0.25, 0.3) is 5.91 Å². The molecule has 1 unspecified atom stereocenters. The summed E-state index contributed by atoms with van der Waals surface area (Å²) < 4.78 is 49.6. The predicted octanol–water partition coefficient (Wildman–Crippen LogP) is 5.05. The van der Waals surface area contributed by atoms with Gasteiger partial charge in [-0.15, -0.1) is 22.7 Å². The van der Waals surface area contributed by atoms with Crippen molar-refractivity contribution < 1.29 is 41.8 Å². The highest BCUT2D eigenvalue weighted by Crippen LogP contribution is 2.35. The van der Waals surface area contributed by atoms with Gasteiger partial charge in [0.1, 0.15) is 10.7 Å². The van der Waals surface area contributed by atoms with Crippen LogP contribution < -0.4 is 5.32 Å². The minimum absolute atomic E-state index is 0.0199. The van der Waals surface area contributed by atoms with E-state index in [-0.39, 0.29) is 53.7 Å². The van der Waals surface area contributed by atoms with Crippen LogP contribution in [0.4, 0.5) is 13.2 Å². The van der Waals surface area contributed by atoms with Crippen LogP contribution in [-0.4, -0.2) is 64.9 Å². The van der Waals surface area contributed by atoms with Gasteiger partial charge in [-0.05, 0) is 25.2 Å². The van der Waals surface area contributed by atoms with E-state index in [4.69, 9.17) is 9.47 Å². The predicted molar refractivity (Wildman–Crippen MR) is 153 cm³/mol. The van der Waals surface area contributed by atoms with Crippen LogP contribution in [0.5, 0.6) is 0 Å². The van der Waals surface area contributed by atoms with Crippen molar-refractivity contribution in [2.45, 2.75) is 84.2 Å². The molecule has 4 atom stereocenters. The SMILES string of the molecule is COC(=O)[C@@H](C)C[C@H](Cc1nc(C(F)(F)F)cs1)NC(=O)c1csc([C@@H](CC(C(C)C)N(C)C(=O)C2CC2)OC(C)=O)n1. The fraction of sp³-hybridized carbons (Fsp3) is 0.643. The van der Waals surface area contributed by atoms with Crippen molar-refractivity contribution in [3.05, 3.63) is 32.2 Å². The Hall–Kier alpha value is -3.07. The fourth-order valence-electron chi connectivity index (χ4n) is 4.74. The summed E-state index contributed by atoms with van der Waals surface area (Å²) in [5.74, 6) is -2.21. The Balaban J connectivity index is 1.79. The Kier molecular flexibility index (Phi) is 11.7. The molecular formula is C28H37F3N4O6S2. The zero-order chi connectivity index (χ0) is 32.1. The first-order chi connectivity index (χ1) is 20.1. The number of ether oxygens (including phenoxy) is 2. The molecule has 10 nitrogen and oxygen atoms in total. The van der Waals surface area contributed by atoms with Gasteiger partial charge in [0.15, 0.2) is 11.8 Å². The van der Waals surface area contributed by atoms with Crippen LogP contribution in [0, 0.1) is 17.8 Å². The highest BCUT2D eigenvalue weighted by Gasteiger charge is 2.38. The van der Waals surface area contributed by atoms with Gasteiger partial charge in [-0.3, -0.25) is 19.2 Å². The minimum atomic E-state index is -4.60. The fourth-order valence-corrected chi connectivity index (χ4v) is 6.46. The van der Waals surface area contributed by atoms with Gasteiger partial charge in [0.05, 0.1) is 18.0 Å². The van der Waals surface area contributed by atoms with Crippen molar-refractivity contribution in [2.75, 3.05) is 14.2 Å². The first-order valence-electron chi connectivity index (χ1n) is 13.9. The van der Waals surface area contributed by atoms with Gasteiger partial charge in [-0.25, -0.2) is 9.97 Å². The van der Waals surface area contributed by atoms with Crippen LogP contribution in [0.2, 0.25) is 0 Å². The number of thiazole rings is 2. The summed E-state index contributed by atoms with van der Waals surface area (Å²) >= 11 is 1.93. The molecule has 1 aliphatic carbocycles. The van der Waals surface area contributed by atoms with Crippen LogP contribution in [-0.2, 0) is 36.5 Å². The number of hydrogen-bond acceptors (Lipinski definition) is 10. The summed E-state index contributed by atoms with van der Waals surface area (Å²) in [4.78, 5) is 59.8. The lowest BCUT2D eigenvalue weighted by molar-refractivity contribution is -0.149. The number of carbonyl (C=O) groups excluding carboxylic acids is 4. The second-order valence-corrected chi connectivity index (χ2v) is 12.9. The van der Waals surface area contributed by atoms with E-state index < -0.39 is 47.8 Å². The Bertz CT molecular complexity index is 1290. The standard InChI is InChI=1S/C28H37F3N4O6S2/c1-14(2)20(35(5)26(38)17-7-8-17)11-21(41-16(4)36)25-33-19(12-43-25)24(37)32-18(9-15(3)27(39)40-6)10-23-34-22(13-42-23)28(29,30)31/h12-15,17-18,20-21H,7-11H2,1-6H3,(H,32,37)/t15-,18+,20?,21+/m0/s1. The largest absolute Gasteiger partial charge is 0.469 e. The molecule has 1 saturated carbocycles. The maximum Gasteiger partial charge on any atom is 0.434 e. The average Bonchev–Trinajstić information content (AvgIpc) is 3.44. The normalized spacial score (nSPS) is 16.2. The van der Waals surface area contributed by atoms with Crippen molar-refractivity contribution in [3.8, 4) is 0 Å². The molecule has 0 aliphatic heterocycles. The van der Waals surface area contributed by atoms with Crippen molar-refractivity contribution in [1.82, 2.24) is 20.2 Å². The van der Waals surface area contributed by atoms with E-state index in [1.54, 1.807) is 18.9 Å². The summed E-state index contributed by atoms with van der Waals surface area (Å²) in [7, 11) is 2.97. The number of aromatic nitrogens is 2. The summed E-state index contributed by atoms with van der Waals surface area (Å²) in [6, 6.07) is -1.00. The molecule has 0 radical (unpaired) electrons. The monoisotopic (exact) mass is 646 g/mol. The average molecular weight is 647 g/mol. The van der Waals surface area contributed by atoms with Crippen LogP contribution in [0.15, 0.2) is 10.8 Å². The van der Waals surface area contributed by atoms with Crippen LogP contribution in [0.1, 0.15) is 85.7 Å². The molecule has 2 amide bonds. The summed E-state index contributed by atoms with van der Waals surface area (Å²) in [6.07, 6.45) is -3.36. The van der Waals surface area contributed by atoms with Crippen molar-refractivity contribution >= 4 is 46.4 Å². The van der Waals surface area contributed by atoms with E-state index in [0.29, 0.717) is 5.01 Å². The molecule has 2 aromatic heterocycles. The highest BCUT2D eigenvalue weighted by molar-refractivity contribution is 7.10. The third kappa shape index (κ3) is 9.71. The number of esters is 2. The van der Waals surface area contributed by atoms with E-state index in [1.165, 1.54) is 19.4 Å². The molecule has 2 aromatic rings. The van der Waals surface area contributed by atoms with Gasteiger partial charge < -0.3 is 19.7 Å². The number of hydrogen-bond donors (Lipinski definition) is 1. The maximum absolute atomic E-state index is 13.3. The molecule has 2 heterocycles. The molecule has 0 saturated heterocycles. The molecule has 1 aliphatic rings. The Labute approximate surface area is 256 Å². The zero-order valence-electron chi connectivity index (χ0n) is 24.9. The van der Waals surface area contributed by atoms with Gasteiger partial charge in [-0.2, -0.15) is 13.2 Å². The molecule has 238 valence electrons. The Morgan fingerprint density at radius 1 is 1.09 bits per heavy atom. The molecule has 15 heteroatoms. The van der Waals surface area contributed by atoms with Crippen LogP contribution >= 0.6 is 22.7 Å². The van der Waals surface area contributed by atoms with Crippen molar-refractivity contribution in [2.24, 2.45) is 17.8 Å². The summed E-state index contributed by atoms with van der Waals surface area (Å²) in [5, 5.41) is 5.68. The van der Waals surface area contributed by atoms with E-state index in [0.717, 1.165) is 40.9 Å². The lowest BCUT2D eigenvalue weighted by Gasteiger charge is -2.33. The van der Waals surface area contributed by atoms with Crippen molar-refractivity contribution in [3.63, 3.8) is 0 Å². The number of rotatable bonds is 14. The van der Waals surface area contributed by atoms with E-state index in [9.17, 15) is 32.3 Å². The Morgan fingerprint density at radius 3 is 2.30 bits per heavy atom. The third-order valence-corrected chi connectivity index (χ3v) is 8.98. The second-order valence-electron chi connectivity index (χ2n) is 11.1. The third-order valence-electron chi connectivity index (χ3n) is 7.18. The van der Waals surface area contributed by atoms with Gasteiger partial charge in [0.2, 0.25) is 5.91 Å². The van der Waals surface area contributed by atoms with E-state index in [2.05, 4.69) is 15.3 Å². The van der Waals surface area contributed by atoms with E-state index in [1.807, 2.05) is 13.8 Å². The minimum Gasteiger partial charge on any atom is -0.469 e. The van der Waals surface area contributed by atoms with E-state index >= 15 is 0 Å². The van der Waals surface area contributed by atoms with Gasteiger partial charge >= 0.3 is 18.1 Å². The number of amides is 2. The first-order valence-corrected chi connectivity index (χ1v) is 15.7. The van der Waals surface area contributed by atoms with Crippen LogP contribution in [0.3, 0.4) is 0 Å². The molecule has 1 N–H and O–H groups in total. The highest BCUT2D eigenvalue weighted by atomic mass is 32.1. The molecule has 0 bridgehead atoms. The molecule has 0 aromatic carbocycles. The smallest absolute Gasteiger partial charge is 0.434 e. The van der Waals surface area contributed by atoms with Crippen molar-refractivity contribution in [1.29, 1.82) is 0 Å². The topological polar surface area (TPSA) is 128 Å². The molecular weight excluding hydrogens is 609 g/mol. The number of alkyl halides is 3. The maximum atomic E-state index is 13.3. The first kappa shape index (κ1) is 34.4.